The molecule has 116 valence electrons. The lowest BCUT2D eigenvalue weighted by molar-refractivity contribution is 0.0533. The van der Waals surface area contributed by atoms with Gasteiger partial charge in [-0.2, -0.15) is 0 Å². The van der Waals surface area contributed by atoms with Gasteiger partial charge in [0.15, 0.2) is 5.75 Å². The summed E-state index contributed by atoms with van der Waals surface area (Å²) in [7, 11) is 1.59. The molecular weight excluding hydrogens is 290 g/mol. The molecule has 7 heteroatoms. The molecule has 0 aromatic carbocycles. The lowest BCUT2D eigenvalue weighted by Crippen LogP contribution is -2.40. The van der Waals surface area contributed by atoms with Gasteiger partial charge < -0.3 is 25.4 Å². The standard InChI is InChI=1S/C14H21N3O3S/c1-8-7-17(5-6-20-8)14-11(19-2)10(15)12(21-14)13(18)16-9-3-4-9/h8-9H,3-7,15H2,1-2H3,(H,16,18). The summed E-state index contributed by atoms with van der Waals surface area (Å²) in [5.74, 6) is 0.515. The van der Waals surface area contributed by atoms with Crippen molar-refractivity contribution in [2.24, 2.45) is 0 Å². The average Bonchev–Trinajstić information content (AvgIpc) is 3.20. The van der Waals surface area contributed by atoms with E-state index in [9.17, 15) is 4.79 Å². The minimum Gasteiger partial charge on any atom is -0.492 e. The van der Waals surface area contributed by atoms with Crippen LogP contribution in [-0.4, -0.2) is 44.9 Å². The molecule has 3 rings (SSSR count). The second kappa shape index (κ2) is 5.73. The number of methoxy groups -OCH3 is 1. The Hall–Kier alpha value is -1.47. The van der Waals surface area contributed by atoms with E-state index in [0.29, 0.717) is 29.0 Å². The number of anilines is 2. The SMILES string of the molecule is COc1c(N2CCOC(C)C2)sc(C(=O)NC2CC2)c1N. The number of carbonyl (C=O) groups excluding carboxylic acids is 1. The zero-order valence-electron chi connectivity index (χ0n) is 12.3. The highest BCUT2D eigenvalue weighted by molar-refractivity contribution is 7.19. The summed E-state index contributed by atoms with van der Waals surface area (Å²) in [6, 6.07) is 0.317. The van der Waals surface area contributed by atoms with Crippen LogP contribution in [0.3, 0.4) is 0 Å². The molecule has 21 heavy (non-hydrogen) atoms. The van der Waals surface area contributed by atoms with Gasteiger partial charge in [0.2, 0.25) is 0 Å². The van der Waals surface area contributed by atoms with Crippen LogP contribution in [0.2, 0.25) is 0 Å². The van der Waals surface area contributed by atoms with Crippen LogP contribution in [0.1, 0.15) is 29.4 Å². The third-order valence-corrected chi connectivity index (χ3v) is 4.98. The van der Waals surface area contributed by atoms with Crippen LogP contribution in [0.25, 0.3) is 0 Å². The Kier molecular flexibility index (Phi) is 3.95. The number of nitrogens with zero attached hydrogens (tertiary/aromatic N) is 1. The molecule has 1 saturated carbocycles. The fourth-order valence-corrected chi connectivity index (χ4v) is 3.60. The van der Waals surface area contributed by atoms with E-state index in [1.165, 1.54) is 11.3 Å². The summed E-state index contributed by atoms with van der Waals surface area (Å²) in [6.45, 7) is 4.27. The highest BCUT2D eigenvalue weighted by Crippen LogP contribution is 2.45. The number of nitrogen functional groups attached to an aromatic ring is 1. The van der Waals surface area contributed by atoms with E-state index in [1.54, 1.807) is 7.11 Å². The highest BCUT2D eigenvalue weighted by atomic mass is 32.1. The fourth-order valence-electron chi connectivity index (χ4n) is 2.47. The number of thiophene rings is 1. The minimum atomic E-state index is -0.0918. The maximum atomic E-state index is 12.3. The van der Waals surface area contributed by atoms with E-state index in [2.05, 4.69) is 10.2 Å². The molecule has 1 atom stereocenters. The highest BCUT2D eigenvalue weighted by Gasteiger charge is 2.30. The Balaban J connectivity index is 1.86. The smallest absolute Gasteiger partial charge is 0.263 e. The first-order valence-corrected chi connectivity index (χ1v) is 8.05. The lowest BCUT2D eigenvalue weighted by Gasteiger charge is -2.32. The van der Waals surface area contributed by atoms with Crippen LogP contribution >= 0.6 is 11.3 Å². The fraction of sp³-hybridized carbons (Fsp3) is 0.643. The summed E-state index contributed by atoms with van der Waals surface area (Å²) >= 11 is 1.41. The first-order chi connectivity index (χ1) is 10.1. The van der Waals surface area contributed by atoms with Crippen molar-refractivity contribution in [3.63, 3.8) is 0 Å². The largest absolute Gasteiger partial charge is 0.492 e. The minimum absolute atomic E-state index is 0.0918. The maximum Gasteiger partial charge on any atom is 0.263 e. The van der Waals surface area contributed by atoms with Gasteiger partial charge in [0, 0.05) is 19.1 Å². The van der Waals surface area contributed by atoms with Crippen molar-refractivity contribution in [2.75, 3.05) is 37.4 Å². The third-order valence-electron chi connectivity index (χ3n) is 3.73. The first kappa shape index (κ1) is 14.5. The van der Waals surface area contributed by atoms with Gasteiger partial charge in [-0.05, 0) is 19.8 Å². The normalized spacial score (nSPS) is 22.2. The van der Waals surface area contributed by atoms with Gasteiger partial charge in [0.1, 0.15) is 15.6 Å². The van der Waals surface area contributed by atoms with E-state index >= 15 is 0 Å². The molecule has 0 radical (unpaired) electrons. The molecule has 0 spiro atoms. The number of nitrogens with one attached hydrogen (secondary N) is 1. The van der Waals surface area contributed by atoms with Gasteiger partial charge in [0.05, 0.1) is 19.8 Å². The van der Waals surface area contributed by atoms with Crippen molar-refractivity contribution in [1.82, 2.24) is 5.32 Å². The zero-order chi connectivity index (χ0) is 15.0. The van der Waals surface area contributed by atoms with Gasteiger partial charge in [-0.3, -0.25) is 4.79 Å². The van der Waals surface area contributed by atoms with Crippen molar-refractivity contribution in [1.29, 1.82) is 0 Å². The molecule has 0 bridgehead atoms. The first-order valence-electron chi connectivity index (χ1n) is 7.23. The van der Waals surface area contributed by atoms with E-state index in [-0.39, 0.29) is 12.0 Å². The summed E-state index contributed by atoms with van der Waals surface area (Å²) in [5.41, 5.74) is 6.56. The molecule has 2 fully saturated rings. The monoisotopic (exact) mass is 311 g/mol. The van der Waals surface area contributed by atoms with Gasteiger partial charge in [-0.15, -0.1) is 11.3 Å². The molecule has 1 saturated heterocycles. The van der Waals surface area contributed by atoms with Crippen molar-refractivity contribution in [3.8, 4) is 5.75 Å². The molecular formula is C14H21N3O3S. The number of morpholine rings is 1. The van der Waals surface area contributed by atoms with Gasteiger partial charge in [-0.1, -0.05) is 0 Å². The quantitative estimate of drug-likeness (QED) is 0.880. The molecule has 6 nitrogen and oxygen atoms in total. The van der Waals surface area contributed by atoms with Crippen LogP contribution in [0, 0.1) is 0 Å². The Labute approximate surface area is 128 Å². The van der Waals surface area contributed by atoms with Crippen molar-refractivity contribution in [3.05, 3.63) is 4.88 Å². The number of amides is 1. The molecule has 3 N–H and O–H groups in total. The van der Waals surface area contributed by atoms with Gasteiger partial charge in [-0.25, -0.2) is 0 Å². The van der Waals surface area contributed by atoms with Crippen LogP contribution in [0.15, 0.2) is 0 Å². The van der Waals surface area contributed by atoms with Crippen LogP contribution in [0.4, 0.5) is 10.7 Å². The van der Waals surface area contributed by atoms with Crippen molar-refractivity contribution < 1.29 is 14.3 Å². The van der Waals surface area contributed by atoms with E-state index in [1.807, 2.05) is 6.92 Å². The number of ether oxygens (including phenoxy) is 2. The average molecular weight is 311 g/mol. The molecule has 2 heterocycles. The van der Waals surface area contributed by atoms with Crippen LogP contribution in [0.5, 0.6) is 5.75 Å². The summed E-state index contributed by atoms with van der Waals surface area (Å²) < 4.78 is 11.0. The second-order valence-corrected chi connectivity index (χ2v) is 6.56. The Morgan fingerprint density at radius 2 is 2.29 bits per heavy atom. The van der Waals surface area contributed by atoms with E-state index in [4.69, 9.17) is 15.2 Å². The lowest BCUT2D eigenvalue weighted by atomic mass is 10.3. The number of rotatable bonds is 4. The van der Waals surface area contributed by atoms with Crippen molar-refractivity contribution in [2.45, 2.75) is 31.9 Å². The molecule has 1 aliphatic carbocycles. The van der Waals surface area contributed by atoms with Crippen LogP contribution in [-0.2, 0) is 4.74 Å². The third kappa shape index (κ3) is 2.94. The Morgan fingerprint density at radius 3 is 2.90 bits per heavy atom. The van der Waals surface area contributed by atoms with E-state index in [0.717, 1.165) is 30.9 Å². The Morgan fingerprint density at radius 1 is 1.52 bits per heavy atom. The molecule has 1 aromatic heterocycles. The van der Waals surface area contributed by atoms with Crippen LogP contribution < -0.4 is 20.7 Å². The number of hydrogen-bond acceptors (Lipinski definition) is 6. The summed E-state index contributed by atoms with van der Waals surface area (Å²) in [6.07, 6.45) is 2.28. The van der Waals surface area contributed by atoms with Gasteiger partial charge >= 0.3 is 0 Å². The zero-order valence-corrected chi connectivity index (χ0v) is 13.2. The van der Waals surface area contributed by atoms with Gasteiger partial charge in [0.25, 0.3) is 5.91 Å². The number of carbonyl (C=O) groups is 1. The molecule has 2 aliphatic rings. The second-order valence-electron chi connectivity index (χ2n) is 5.56. The Bertz CT molecular complexity index is 542. The molecule has 1 aromatic rings. The molecule has 1 unspecified atom stereocenters. The molecule has 1 aliphatic heterocycles. The van der Waals surface area contributed by atoms with E-state index < -0.39 is 0 Å². The topological polar surface area (TPSA) is 76.8 Å². The maximum absolute atomic E-state index is 12.3. The number of hydrogen-bond donors (Lipinski definition) is 2. The molecule has 1 amide bonds. The predicted octanol–water partition coefficient (Wildman–Crippen LogP) is 1.46. The van der Waals surface area contributed by atoms with Crippen molar-refractivity contribution >= 4 is 27.9 Å². The summed E-state index contributed by atoms with van der Waals surface area (Å²) in [5, 5.41) is 3.90. The summed E-state index contributed by atoms with van der Waals surface area (Å²) in [4.78, 5) is 15.0. The predicted molar refractivity (Wildman–Crippen MR) is 83.4 cm³/mol. The number of nitrogens with two attached hydrogens (primary N) is 1.